The van der Waals surface area contributed by atoms with Crippen LogP contribution in [0.25, 0.3) is 0 Å². The molecule has 0 bridgehead atoms. The summed E-state index contributed by atoms with van der Waals surface area (Å²) in [6, 6.07) is 17.4. The highest BCUT2D eigenvalue weighted by Gasteiger charge is 2.15. The van der Waals surface area contributed by atoms with Crippen LogP contribution in [0, 0.1) is 6.07 Å². The first-order valence-corrected chi connectivity index (χ1v) is 7.28. The Kier molecular flexibility index (Phi) is 5.09. The van der Waals surface area contributed by atoms with E-state index in [2.05, 4.69) is 40.1 Å². The largest absolute Gasteiger partial charge is 0.332 e. The number of urea groups is 1. The number of nitrogens with one attached hydrogen (secondary N) is 1. The van der Waals surface area contributed by atoms with Gasteiger partial charge >= 0.3 is 6.03 Å². The summed E-state index contributed by atoms with van der Waals surface area (Å²) in [6.45, 7) is 1.93. The third-order valence-corrected chi connectivity index (χ3v) is 3.79. The van der Waals surface area contributed by atoms with Gasteiger partial charge in [-0.15, -0.1) is 0 Å². The van der Waals surface area contributed by atoms with E-state index < -0.39 is 0 Å². The summed E-state index contributed by atoms with van der Waals surface area (Å²) < 4.78 is 2.29. The van der Waals surface area contributed by atoms with Crippen molar-refractivity contribution in [3.05, 3.63) is 64.6 Å². The van der Waals surface area contributed by atoms with Crippen LogP contribution in [0.5, 0.6) is 0 Å². The molecule has 2 rings (SSSR count). The number of nitrogens with zero attached hydrogens (tertiary/aromatic N) is 1. The van der Waals surface area contributed by atoms with Crippen molar-refractivity contribution >= 4 is 40.5 Å². The van der Waals surface area contributed by atoms with Gasteiger partial charge < -0.3 is 5.32 Å². The molecule has 0 aliphatic heterocycles. The van der Waals surface area contributed by atoms with Crippen LogP contribution >= 0.6 is 28.7 Å². The Hall–Kier alpha value is -1.46. The molecule has 0 saturated carbocycles. The number of thiol groups is 1. The highest BCUT2D eigenvalue weighted by Crippen LogP contribution is 2.19. The van der Waals surface area contributed by atoms with Gasteiger partial charge in [-0.25, -0.2) is 9.10 Å². The molecule has 0 spiro atoms. The fourth-order valence-electron chi connectivity index (χ4n) is 1.72. The molecule has 20 heavy (non-hydrogen) atoms. The molecule has 103 valence electrons. The lowest BCUT2D eigenvalue weighted by molar-refractivity contribution is 0.247. The third-order valence-electron chi connectivity index (χ3n) is 2.85. The molecular formula is C15H14BrN2OS. The summed E-state index contributed by atoms with van der Waals surface area (Å²) in [5, 5.41) is 2.90. The number of halogens is 1. The molecule has 0 aliphatic carbocycles. The van der Waals surface area contributed by atoms with Crippen LogP contribution in [0.1, 0.15) is 18.5 Å². The van der Waals surface area contributed by atoms with Crippen LogP contribution in [0.4, 0.5) is 10.5 Å². The first-order valence-electron chi connectivity index (χ1n) is 6.09. The van der Waals surface area contributed by atoms with Gasteiger partial charge in [-0.1, -0.05) is 53.0 Å². The second-order valence-electron chi connectivity index (χ2n) is 4.29. The molecule has 2 amide bonds. The van der Waals surface area contributed by atoms with E-state index >= 15 is 0 Å². The van der Waals surface area contributed by atoms with Crippen molar-refractivity contribution < 1.29 is 4.79 Å². The number of benzene rings is 2. The van der Waals surface area contributed by atoms with Crippen LogP contribution in [0.3, 0.4) is 0 Å². The van der Waals surface area contributed by atoms with E-state index in [0.717, 1.165) is 10.0 Å². The minimum absolute atomic E-state index is 0.0967. The van der Waals surface area contributed by atoms with Gasteiger partial charge in [0, 0.05) is 4.47 Å². The van der Waals surface area contributed by atoms with Crippen molar-refractivity contribution in [2.75, 3.05) is 4.31 Å². The fourth-order valence-corrected chi connectivity index (χ4v) is 2.17. The van der Waals surface area contributed by atoms with Gasteiger partial charge in [0.2, 0.25) is 0 Å². The maximum atomic E-state index is 12.1. The van der Waals surface area contributed by atoms with Gasteiger partial charge in [-0.2, -0.15) is 0 Å². The van der Waals surface area contributed by atoms with Crippen LogP contribution in [0.15, 0.2) is 53.0 Å². The van der Waals surface area contributed by atoms with Crippen LogP contribution in [-0.2, 0) is 0 Å². The Bertz CT molecular complexity index is 574. The number of rotatable bonds is 3. The standard InChI is InChI=1S/C15H14BrN2OS/c1-11(12-7-9-13(16)10-8-12)17-15(19)18(20)14-5-3-2-4-6-14/h3-11,20H,1H3,(H,17,19). The summed E-state index contributed by atoms with van der Waals surface area (Å²) in [5.74, 6) is 0. The molecule has 1 N–H and O–H groups in total. The highest BCUT2D eigenvalue weighted by molar-refractivity contribution is 9.10. The molecule has 2 aromatic carbocycles. The summed E-state index contributed by atoms with van der Waals surface area (Å²) in [7, 11) is 0. The monoisotopic (exact) mass is 349 g/mol. The van der Waals surface area contributed by atoms with Gasteiger partial charge in [0.05, 0.1) is 11.7 Å². The van der Waals surface area contributed by atoms with E-state index in [-0.39, 0.29) is 12.1 Å². The highest BCUT2D eigenvalue weighted by atomic mass is 79.9. The maximum absolute atomic E-state index is 12.1. The Morgan fingerprint density at radius 2 is 1.85 bits per heavy atom. The van der Waals surface area contributed by atoms with Crippen molar-refractivity contribution in [1.29, 1.82) is 0 Å². The minimum atomic E-state index is -0.269. The number of carbonyl (C=O) groups excluding carboxylic acids is 1. The first-order chi connectivity index (χ1) is 9.58. The van der Waals surface area contributed by atoms with Gasteiger partial charge in [-0.05, 0) is 42.8 Å². The molecular weight excluding hydrogens is 336 g/mol. The smallest absolute Gasteiger partial charge is 0.330 e. The van der Waals surface area contributed by atoms with Gasteiger partial charge in [-0.3, -0.25) is 0 Å². The summed E-state index contributed by atoms with van der Waals surface area (Å²) >= 11 is 7.61. The molecule has 2 aromatic rings. The van der Waals surface area contributed by atoms with Crippen molar-refractivity contribution in [3.63, 3.8) is 0 Å². The maximum Gasteiger partial charge on any atom is 0.332 e. The lowest BCUT2D eigenvalue weighted by Gasteiger charge is -2.20. The topological polar surface area (TPSA) is 32.3 Å². The van der Waals surface area contributed by atoms with Crippen molar-refractivity contribution in [2.24, 2.45) is 0 Å². The average Bonchev–Trinajstić information content (AvgIpc) is 2.48. The van der Waals surface area contributed by atoms with Crippen LogP contribution < -0.4 is 9.62 Å². The van der Waals surface area contributed by atoms with E-state index in [0.29, 0.717) is 5.69 Å². The van der Waals surface area contributed by atoms with Gasteiger partial charge in [0.1, 0.15) is 0 Å². The molecule has 1 unspecified atom stereocenters. The summed E-state index contributed by atoms with van der Waals surface area (Å²) in [5.41, 5.74) is 1.73. The van der Waals surface area contributed by atoms with Gasteiger partial charge in [0.25, 0.3) is 0 Å². The molecule has 1 radical (unpaired) electrons. The molecule has 5 heteroatoms. The quantitative estimate of drug-likeness (QED) is 0.792. The van der Waals surface area contributed by atoms with E-state index in [9.17, 15) is 4.79 Å². The molecule has 3 nitrogen and oxygen atoms in total. The van der Waals surface area contributed by atoms with Crippen molar-refractivity contribution in [2.45, 2.75) is 13.0 Å². The van der Waals surface area contributed by atoms with E-state index in [4.69, 9.17) is 0 Å². The predicted molar refractivity (Wildman–Crippen MR) is 87.8 cm³/mol. The number of carbonyl (C=O) groups is 1. The summed E-state index contributed by atoms with van der Waals surface area (Å²) in [4.78, 5) is 12.1. The number of anilines is 1. The van der Waals surface area contributed by atoms with E-state index in [1.165, 1.54) is 4.31 Å². The number of hydrogen-bond donors (Lipinski definition) is 2. The zero-order chi connectivity index (χ0) is 14.5. The molecule has 0 aromatic heterocycles. The van der Waals surface area contributed by atoms with Crippen molar-refractivity contribution in [3.8, 4) is 0 Å². The Morgan fingerprint density at radius 1 is 1.25 bits per heavy atom. The van der Waals surface area contributed by atoms with Crippen molar-refractivity contribution in [1.82, 2.24) is 5.32 Å². The lowest BCUT2D eigenvalue weighted by Crippen LogP contribution is -2.35. The summed E-state index contributed by atoms with van der Waals surface area (Å²) in [6.07, 6.45) is 0. The molecule has 0 aliphatic rings. The fraction of sp³-hybridized carbons (Fsp3) is 0.133. The van der Waals surface area contributed by atoms with Crippen LogP contribution in [-0.4, -0.2) is 6.03 Å². The minimum Gasteiger partial charge on any atom is -0.330 e. The second-order valence-corrected chi connectivity index (χ2v) is 5.61. The Morgan fingerprint density at radius 3 is 2.45 bits per heavy atom. The number of hydrogen-bond acceptors (Lipinski definition) is 2. The van der Waals surface area contributed by atoms with E-state index in [1.54, 1.807) is 24.3 Å². The zero-order valence-electron chi connectivity index (χ0n) is 10.9. The molecule has 0 saturated heterocycles. The second kappa shape index (κ2) is 6.81. The molecule has 0 heterocycles. The Labute approximate surface area is 132 Å². The zero-order valence-corrected chi connectivity index (χ0v) is 13.4. The normalized spacial score (nSPS) is 11.8. The Balaban J connectivity index is 2.02. The lowest BCUT2D eigenvalue weighted by atomic mass is 10.1. The van der Waals surface area contributed by atoms with Gasteiger partial charge in [0.15, 0.2) is 0 Å². The van der Waals surface area contributed by atoms with E-state index in [1.807, 2.05) is 31.2 Å². The third kappa shape index (κ3) is 3.77. The predicted octanol–water partition coefficient (Wildman–Crippen LogP) is 4.37. The molecule has 1 atom stereocenters. The average molecular weight is 350 g/mol. The first kappa shape index (κ1) is 14.9. The van der Waals surface area contributed by atoms with Crippen LogP contribution in [0.2, 0.25) is 0 Å². The number of amides is 2. The SMILES string of the molecule is CC(NC(=O)N(S)c1cc[c]cc1)c1ccc(Br)cc1. The molecule has 0 fully saturated rings.